The summed E-state index contributed by atoms with van der Waals surface area (Å²) in [5.41, 5.74) is 0.0252. The van der Waals surface area contributed by atoms with Crippen LogP contribution in [0.3, 0.4) is 0 Å². The van der Waals surface area contributed by atoms with Crippen LogP contribution < -0.4 is 0 Å². The van der Waals surface area contributed by atoms with Gasteiger partial charge in [-0.3, -0.25) is 9.59 Å². The number of aliphatic hydroxyl groups excluding tert-OH is 2. The molecule has 5 nitrogen and oxygen atoms in total. The van der Waals surface area contributed by atoms with Gasteiger partial charge >= 0.3 is 0 Å². The van der Waals surface area contributed by atoms with Gasteiger partial charge in [-0.05, 0) is 11.1 Å². The van der Waals surface area contributed by atoms with Gasteiger partial charge in [0.15, 0.2) is 11.4 Å². The monoisotopic (exact) mass is 454 g/mol. The van der Waals surface area contributed by atoms with Gasteiger partial charge in [0.1, 0.15) is 6.10 Å². The van der Waals surface area contributed by atoms with Crippen LogP contribution in [0.25, 0.3) is 0 Å². The van der Waals surface area contributed by atoms with Crippen molar-refractivity contribution in [3.05, 3.63) is 144 Å². The Kier molecular flexibility index (Phi) is 8.60. The molecule has 0 saturated heterocycles. The molecule has 0 aromatic heterocycles. The third-order valence-corrected chi connectivity index (χ3v) is 5.31. The predicted molar refractivity (Wildman–Crippen MR) is 130 cm³/mol. The summed E-state index contributed by atoms with van der Waals surface area (Å²) in [6, 6.07) is 34.7. The van der Waals surface area contributed by atoms with Gasteiger partial charge in [0.2, 0.25) is 5.78 Å². The van der Waals surface area contributed by atoms with Crippen LogP contribution in [0.4, 0.5) is 0 Å². The van der Waals surface area contributed by atoms with Gasteiger partial charge in [-0.25, -0.2) is 0 Å². The highest BCUT2D eigenvalue weighted by molar-refractivity contribution is 6.03. The average Bonchev–Trinajstić information content (AvgIpc) is 2.93. The van der Waals surface area contributed by atoms with Gasteiger partial charge in [-0.2, -0.15) is 0 Å². The minimum absolute atomic E-state index is 0.271. The van der Waals surface area contributed by atoms with E-state index in [1.54, 1.807) is 109 Å². The van der Waals surface area contributed by atoms with E-state index in [4.69, 9.17) is 0 Å². The molecule has 0 fully saturated rings. The van der Waals surface area contributed by atoms with E-state index in [-0.39, 0.29) is 5.78 Å². The number of rotatable bonds is 7. The van der Waals surface area contributed by atoms with Crippen molar-refractivity contribution in [3.63, 3.8) is 0 Å². The molecule has 0 amide bonds. The van der Waals surface area contributed by atoms with Gasteiger partial charge in [0, 0.05) is 11.1 Å². The van der Waals surface area contributed by atoms with Crippen molar-refractivity contribution in [2.75, 3.05) is 6.61 Å². The van der Waals surface area contributed by atoms with Crippen LogP contribution in [0.5, 0.6) is 0 Å². The van der Waals surface area contributed by atoms with E-state index < -0.39 is 24.1 Å². The fourth-order valence-corrected chi connectivity index (χ4v) is 3.38. The van der Waals surface area contributed by atoms with Crippen molar-refractivity contribution < 1.29 is 24.9 Å². The lowest BCUT2D eigenvalue weighted by molar-refractivity contribution is -0.00399. The van der Waals surface area contributed by atoms with Crippen LogP contribution in [-0.4, -0.2) is 33.5 Å². The summed E-state index contributed by atoms with van der Waals surface area (Å²) in [7, 11) is 0. The quantitative estimate of drug-likeness (QED) is 0.361. The first-order chi connectivity index (χ1) is 16.5. The van der Waals surface area contributed by atoms with Crippen molar-refractivity contribution in [2.24, 2.45) is 0 Å². The fraction of sp³-hybridized carbons (Fsp3) is 0.103. The maximum Gasteiger partial charge on any atom is 0.201 e. The van der Waals surface area contributed by atoms with Crippen LogP contribution in [0.1, 0.15) is 37.9 Å². The number of ketones is 2. The number of hydrogen-bond donors (Lipinski definition) is 3. The van der Waals surface area contributed by atoms with Gasteiger partial charge in [-0.1, -0.05) is 121 Å². The lowest BCUT2D eigenvalue weighted by atomic mass is 9.87. The normalized spacial score (nSPS) is 13.0. The number of carbonyl (C=O) groups is 2. The highest BCUT2D eigenvalue weighted by atomic mass is 16.3. The Hall–Kier alpha value is -3.90. The molecule has 0 aliphatic carbocycles. The first kappa shape index (κ1) is 24.7. The molecule has 0 spiro atoms. The molecule has 4 aromatic carbocycles. The molecule has 34 heavy (non-hydrogen) atoms. The standard InChI is InChI=1S/C15H14O3.C14H12O2/c16-11-15(18,13-9-5-2-6-10-13)14(17)12-7-3-1-4-8-12;15-13(11-7-3-1-4-8-11)14(16)12-9-5-2-6-10-12/h1-10,16,18H,11H2;1-10,13,15H. The van der Waals surface area contributed by atoms with Gasteiger partial charge < -0.3 is 15.3 Å². The topological polar surface area (TPSA) is 94.8 Å². The summed E-state index contributed by atoms with van der Waals surface area (Å²) < 4.78 is 0. The molecule has 0 saturated carbocycles. The minimum atomic E-state index is -1.89. The second-order valence-electron chi connectivity index (χ2n) is 7.62. The number of aliphatic hydroxyl groups is 3. The number of benzene rings is 4. The first-order valence-electron chi connectivity index (χ1n) is 10.8. The van der Waals surface area contributed by atoms with Crippen LogP contribution >= 0.6 is 0 Å². The summed E-state index contributed by atoms with van der Waals surface area (Å²) >= 11 is 0. The van der Waals surface area contributed by atoms with Crippen molar-refractivity contribution in [2.45, 2.75) is 11.7 Å². The van der Waals surface area contributed by atoms with Crippen molar-refractivity contribution in [1.82, 2.24) is 0 Å². The maximum atomic E-state index is 12.3. The molecule has 2 atom stereocenters. The molecule has 172 valence electrons. The lowest BCUT2D eigenvalue weighted by Gasteiger charge is -2.24. The molecule has 4 rings (SSSR count). The van der Waals surface area contributed by atoms with Crippen LogP contribution in [0.15, 0.2) is 121 Å². The van der Waals surface area contributed by atoms with Gasteiger partial charge in [0.05, 0.1) is 6.61 Å². The average molecular weight is 455 g/mol. The van der Waals surface area contributed by atoms with Gasteiger partial charge in [-0.15, -0.1) is 0 Å². The van der Waals surface area contributed by atoms with Crippen LogP contribution in [0.2, 0.25) is 0 Å². The largest absolute Gasteiger partial charge is 0.393 e. The molecule has 0 aliphatic rings. The maximum absolute atomic E-state index is 12.3. The van der Waals surface area contributed by atoms with Crippen molar-refractivity contribution in [3.8, 4) is 0 Å². The summed E-state index contributed by atoms with van der Waals surface area (Å²) in [5.74, 6) is -0.774. The molecule has 2 unspecified atom stereocenters. The summed E-state index contributed by atoms with van der Waals surface area (Å²) in [6.07, 6.45) is -1.08. The smallest absolute Gasteiger partial charge is 0.201 e. The third kappa shape index (κ3) is 5.91. The van der Waals surface area contributed by atoms with E-state index in [0.717, 1.165) is 0 Å². The molecular formula is C29H26O5. The van der Waals surface area contributed by atoms with Crippen molar-refractivity contribution in [1.29, 1.82) is 0 Å². The Morgan fingerprint density at radius 3 is 1.53 bits per heavy atom. The predicted octanol–water partition coefficient (Wildman–Crippen LogP) is 4.35. The van der Waals surface area contributed by atoms with E-state index in [2.05, 4.69) is 0 Å². The molecule has 3 N–H and O–H groups in total. The summed E-state index contributed by atoms with van der Waals surface area (Å²) in [6.45, 7) is -0.648. The third-order valence-electron chi connectivity index (χ3n) is 5.31. The molecular weight excluding hydrogens is 428 g/mol. The Bertz CT molecular complexity index is 1180. The zero-order chi connectivity index (χ0) is 24.4. The molecule has 5 heteroatoms. The number of hydrogen-bond acceptors (Lipinski definition) is 5. The summed E-state index contributed by atoms with van der Waals surface area (Å²) in [5, 5.41) is 29.7. The van der Waals surface area contributed by atoms with Crippen LogP contribution in [0, 0.1) is 0 Å². The van der Waals surface area contributed by atoms with E-state index in [1.165, 1.54) is 0 Å². The Morgan fingerprint density at radius 1 is 0.647 bits per heavy atom. The lowest BCUT2D eigenvalue weighted by Crippen LogP contribution is -2.39. The van der Waals surface area contributed by atoms with E-state index in [0.29, 0.717) is 22.3 Å². The molecule has 0 bridgehead atoms. The fourth-order valence-electron chi connectivity index (χ4n) is 3.38. The summed E-state index contributed by atoms with van der Waals surface area (Å²) in [4.78, 5) is 24.2. The van der Waals surface area contributed by atoms with E-state index in [1.807, 2.05) is 12.1 Å². The SMILES string of the molecule is O=C(c1ccccc1)C(O)(CO)c1ccccc1.O=C(c1ccccc1)C(O)c1ccccc1. The van der Waals surface area contributed by atoms with E-state index >= 15 is 0 Å². The molecule has 0 aliphatic heterocycles. The van der Waals surface area contributed by atoms with E-state index in [9.17, 15) is 24.9 Å². The highest BCUT2D eigenvalue weighted by Crippen LogP contribution is 2.25. The van der Waals surface area contributed by atoms with Crippen molar-refractivity contribution >= 4 is 11.6 Å². The molecule has 0 radical (unpaired) electrons. The van der Waals surface area contributed by atoms with Crippen LogP contribution in [-0.2, 0) is 5.60 Å². The second-order valence-corrected chi connectivity index (χ2v) is 7.62. The minimum Gasteiger partial charge on any atom is -0.393 e. The zero-order valence-electron chi connectivity index (χ0n) is 18.5. The molecule has 0 heterocycles. The number of carbonyl (C=O) groups excluding carboxylic acids is 2. The second kappa shape index (κ2) is 11.8. The molecule has 4 aromatic rings. The Labute approximate surface area is 198 Å². The van der Waals surface area contributed by atoms with Gasteiger partial charge in [0.25, 0.3) is 0 Å². The Balaban J connectivity index is 0.000000192. The highest BCUT2D eigenvalue weighted by Gasteiger charge is 2.37. The number of Topliss-reactive ketones (excluding diaryl/α,β-unsaturated/α-hetero) is 2. The first-order valence-corrected chi connectivity index (χ1v) is 10.8. The Morgan fingerprint density at radius 2 is 1.06 bits per heavy atom. The zero-order valence-corrected chi connectivity index (χ0v) is 18.5.